The molecule has 1 atom stereocenters. The molecule has 0 saturated carbocycles. The van der Waals surface area contributed by atoms with E-state index in [4.69, 9.17) is 0 Å². The first-order valence-corrected chi connectivity index (χ1v) is 6.03. The Hall–Kier alpha value is -1.13. The number of rotatable bonds is 5. The number of hydrogen-bond acceptors (Lipinski definition) is 3. The van der Waals surface area contributed by atoms with Gasteiger partial charge in [-0.25, -0.2) is 4.98 Å². The summed E-state index contributed by atoms with van der Waals surface area (Å²) in [5.41, 5.74) is 0. The van der Waals surface area contributed by atoms with E-state index < -0.39 is 0 Å². The Kier molecular flexibility index (Phi) is 3.53. The average molecular weight is 221 g/mol. The van der Waals surface area contributed by atoms with Gasteiger partial charge in [0.15, 0.2) is 0 Å². The Bertz CT molecular complexity index is 366. The zero-order valence-electron chi connectivity index (χ0n) is 8.73. The van der Waals surface area contributed by atoms with Gasteiger partial charge in [-0.2, -0.15) is 0 Å². The highest BCUT2D eigenvalue weighted by atomic mass is 32.1. The molecule has 0 radical (unpaired) electrons. The second-order valence-electron chi connectivity index (χ2n) is 3.37. The van der Waals surface area contributed by atoms with E-state index in [-0.39, 0.29) is 0 Å². The summed E-state index contributed by atoms with van der Waals surface area (Å²) in [6.07, 6.45) is 4.58. The predicted octanol–water partition coefficient (Wildman–Crippen LogP) is 2.36. The number of hydrogen-bond donors (Lipinski definition) is 2. The van der Waals surface area contributed by atoms with Crippen molar-refractivity contribution >= 4 is 11.3 Å². The molecule has 4 heteroatoms. The van der Waals surface area contributed by atoms with Gasteiger partial charge in [-0.15, -0.1) is 11.3 Å². The first-order chi connectivity index (χ1) is 7.40. The van der Waals surface area contributed by atoms with Gasteiger partial charge >= 0.3 is 0 Å². The molecule has 15 heavy (non-hydrogen) atoms. The highest BCUT2D eigenvalue weighted by molar-refractivity contribution is 7.10. The van der Waals surface area contributed by atoms with Crippen LogP contribution in [0.25, 0.3) is 0 Å². The molecular weight excluding hydrogens is 206 g/mol. The van der Waals surface area contributed by atoms with Gasteiger partial charge in [-0.1, -0.05) is 13.0 Å². The summed E-state index contributed by atoms with van der Waals surface area (Å²) >= 11 is 1.79. The highest BCUT2D eigenvalue weighted by Crippen LogP contribution is 2.21. The lowest BCUT2D eigenvalue weighted by molar-refractivity contribution is 0.547. The lowest BCUT2D eigenvalue weighted by Crippen LogP contribution is -2.22. The molecule has 0 amide bonds. The number of nitrogens with zero attached hydrogens (tertiary/aromatic N) is 1. The molecule has 2 aromatic rings. The molecule has 0 aromatic carbocycles. The van der Waals surface area contributed by atoms with Crippen LogP contribution in [0.3, 0.4) is 0 Å². The van der Waals surface area contributed by atoms with Gasteiger partial charge in [0.05, 0.1) is 0 Å². The molecule has 1 unspecified atom stereocenters. The van der Waals surface area contributed by atoms with E-state index in [0.717, 1.165) is 18.8 Å². The summed E-state index contributed by atoms with van der Waals surface area (Å²) in [7, 11) is 0. The van der Waals surface area contributed by atoms with Gasteiger partial charge in [0.25, 0.3) is 0 Å². The summed E-state index contributed by atoms with van der Waals surface area (Å²) in [6, 6.07) is 4.63. The van der Waals surface area contributed by atoms with Crippen LogP contribution in [0.4, 0.5) is 0 Å². The van der Waals surface area contributed by atoms with Crippen molar-refractivity contribution in [1.82, 2.24) is 15.3 Å². The van der Waals surface area contributed by atoms with Crippen LogP contribution >= 0.6 is 11.3 Å². The lowest BCUT2D eigenvalue weighted by atomic mass is 10.1. The minimum absolute atomic E-state index is 0.376. The minimum atomic E-state index is 0.376. The van der Waals surface area contributed by atoms with Crippen LogP contribution in [0.1, 0.15) is 23.7 Å². The summed E-state index contributed by atoms with van der Waals surface area (Å²) in [5.74, 6) is 1.04. The maximum atomic E-state index is 4.26. The topological polar surface area (TPSA) is 40.7 Å². The Balaban J connectivity index is 2.07. The van der Waals surface area contributed by atoms with Crippen molar-refractivity contribution in [3.63, 3.8) is 0 Å². The third kappa shape index (κ3) is 2.67. The van der Waals surface area contributed by atoms with E-state index in [1.807, 2.05) is 6.20 Å². The molecule has 0 fully saturated rings. The number of aromatic amines is 1. The van der Waals surface area contributed by atoms with Crippen molar-refractivity contribution in [3.05, 3.63) is 40.6 Å². The molecule has 0 aliphatic carbocycles. The fraction of sp³-hybridized carbons (Fsp3) is 0.364. The quantitative estimate of drug-likeness (QED) is 0.813. The van der Waals surface area contributed by atoms with Crippen LogP contribution in [0.15, 0.2) is 29.9 Å². The normalized spacial score (nSPS) is 12.9. The third-order valence-electron chi connectivity index (χ3n) is 2.29. The van der Waals surface area contributed by atoms with Crippen LogP contribution in [-0.4, -0.2) is 16.5 Å². The second-order valence-corrected chi connectivity index (χ2v) is 4.34. The van der Waals surface area contributed by atoms with E-state index in [2.05, 4.69) is 39.7 Å². The number of likely N-dealkylation sites (N-methyl/N-ethyl adjacent to an activating group) is 1. The molecule has 2 rings (SSSR count). The molecule has 0 saturated heterocycles. The molecule has 80 valence electrons. The summed E-state index contributed by atoms with van der Waals surface area (Å²) in [5, 5.41) is 5.59. The van der Waals surface area contributed by atoms with Crippen molar-refractivity contribution in [2.45, 2.75) is 19.4 Å². The monoisotopic (exact) mass is 221 g/mol. The van der Waals surface area contributed by atoms with Crippen molar-refractivity contribution in [3.8, 4) is 0 Å². The minimum Gasteiger partial charge on any atom is -0.349 e. The maximum Gasteiger partial charge on any atom is 0.107 e. The van der Waals surface area contributed by atoms with Crippen LogP contribution in [0.5, 0.6) is 0 Å². The molecule has 2 N–H and O–H groups in total. The molecule has 0 aliphatic rings. The van der Waals surface area contributed by atoms with Gasteiger partial charge in [0.1, 0.15) is 5.82 Å². The Morgan fingerprint density at radius 3 is 3.13 bits per heavy atom. The van der Waals surface area contributed by atoms with Gasteiger partial charge in [0.2, 0.25) is 0 Å². The summed E-state index contributed by atoms with van der Waals surface area (Å²) < 4.78 is 0. The second kappa shape index (κ2) is 5.09. The van der Waals surface area contributed by atoms with E-state index in [9.17, 15) is 0 Å². The molecule has 3 nitrogen and oxygen atoms in total. The number of aromatic nitrogens is 2. The maximum absolute atomic E-state index is 4.26. The third-order valence-corrected chi connectivity index (χ3v) is 3.28. The van der Waals surface area contributed by atoms with E-state index in [0.29, 0.717) is 6.04 Å². The molecule has 0 spiro atoms. The standard InChI is InChI=1S/C11H15N3S/c1-2-12-9(10-4-3-7-15-10)8-11-13-5-6-14-11/h3-7,9,12H,2,8H2,1H3,(H,13,14). The molecule has 2 aromatic heterocycles. The van der Waals surface area contributed by atoms with E-state index in [1.54, 1.807) is 17.5 Å². The Labute approximate surface area is 93.6 Å². The number of imidazole rings is 1. The largest absolute Gasteiger partial charge is 0.349 e. The SMILES string of the molecule is CCNC(Cc1ncc[nH]1)c1cccs1. The van der Waals surface area contributed by atoms with E-state index >= 15 is 0 Å². The first kappa shape index (κ1) is 10.4. The first-order valence-electron chi connectivity index (χ1n) is 5.15. The van der Waals surface area contributed by atoms with Gasteiger partial charge in [-0.05, 0) is 18.0 Å². The van der Waals surface area contributed by atoms with Crippen LogP contribution in [-0.2, 0) is 6.42 Å². The van der Waals surface area contributed by atoms with E-state index in [1.165, 1.54) is 4.88 Å². The lowest BCUT2D eigenvalue weighted by Gasteiger charge is -2.14. The van der Waals surface area contributed by atoms with Crippen molar-refractivity contribution in [2.24, 2.45) is 0 Å². The molecular formula is C11H15N3S. The van der Waals surface area contributed by atoms with Crippen LogP contribution in [0.2, 0.25) is 0 Å². The summed E-state index contributed by atoms with van der Waals surface area (Å²) in [4.78, 5) is 8.77. The van der Waals surface area contributed by atoms with Crippen molar-refractivity contribution in [2.75, 3.05) is 6.54 Å². The zero-order chi connectivity index (χ0) is 10.5. The van der Waals surface area contributed by atoms with Gasteiger partial charge < -0.3 is 10.3 Å². The van der Waals surface area contributed by atoms with Crippen LogP contribution in [0, 0.1) is 0 Å². The molecule has 0 aliphatic heterocycles. The van der Waals surface area contributed by atoms with Gasteiger partial charge in [-0.3, -0.25) is 0 Å². The molecule has 0 bridgehead atoms. The zero-order valence-corrected chi connectivity index (χ0v) is 9.55. The predicted molar refractivity (Wildman–Crippen MR) is 63.0 cm³/mol. The summed E-state index contributed by atoms with van der Waals surface area (Å²) in [6.45, 7) is 3.10. The molecule has 2 heterocycles. The Morgan fingerprint density at radius 2 is 2.53 bits per heavy atom. The van der Waals surface area contributed by atoms with Crippen molar-refractivity contribution < 1.29 is 0 Å². The van der Waals surface area contributed by atoms with Gasteiger partial charge in [0, 0.05) is 29.7 Å². The number of H-pyrrole nitrogens is 1. The highest BCUT2D eigenvalue weighted by Gasteiger charge is 2.12. The average Bonchev–Trinajstić information content (AvgIpc) is 2.89. The van der Waals surface area contributed by atoms with Crippen LogP contribution < -0.4 is 5.32 Å². The number of nitrogens with one attached hydrogen (secondary N) is 2. The Morgan fingerprint density at radius 1 is 1.60 bits per heavy atom. The fourth-order valence-corrected chi connectivity index (χ4v) is 2.41. The van der Waals surface area contributed by atoms with Crippen molar-refractivity contribution in [1.29, 1.82) is 0 Å². The fourth-order valence-electron chi connectivity index (χ4n) is 1.61. The smallest absolute Gasteiger partial charge is 0.107 e. The number of thiophene rings is 1.